The molecular formula is C23H27N3O2S2. The molecule has 30 heavy (non-hydrogen) atoms. The van der Waals surface area contributed by atoms with Gasteiger partial charge in [0, 0.05) is 37.1 Å². The van der Waals surface area contributed by atoms with E-state index < -0.39 is 0 Å². The van der Waals surface area contributed by atoms with Gasteiger partial charge in [-0.3, -0.25) is 14.6 Å². The van der Waals surface area contributed by atoms with Crippen LogP contribution >= 0.6 is 22.7 Å². The Hall–Kier alpha value is -2.06. The zero-order valence-electron chi connectivity index (χ0n) is 17.5. The maximum atomic E-state index is 13.1. The molecule has 3 aromatic rings. The Balaban J connectivity index is 1.54. The van der Waals surface area contributed by atoms with E-state index in [0.717, 1.165) is 59.5 Å². The van der Waals surface area contributed by atoms with Crippen LogP contribution in [0, 0.1) is 13.8 Å². The summed E-state index contributed by atoms with van der Waals surface area (Å²) in [6.07, 6.45) is 4.47. The molecule has 7 heteroatoms. The third kappa shape index (κ3) is 5.16. The van der Waals surface area contributed by atoms with Gasteiger partial charge in [0.2, 0.25) is 0 Å². The lowest BCUT2D eigenvalue weighted by atomic mass is 10.1. The second kappa shape index (κ2) is 9.83. The van der Waals surface area contributed by atoms with Crippen LogP contribution in [0.5, 0.6) is 0 Å². The van der Waals surface area contributed by atoms with E-state index in [0.29, 0.717) is 6.54 Å². The van der Waals surface area contributed by atoms with Crippen LogP contribution in [-0.4, -0.2) is 55.2 Å². The van der Waals surface area contributed by atoms with Crippen LogP contribution in [0.4, 0.5) is 5.13 Å². The summed E-state index contributed by atoms with van der Waals surface area (Å²) in [6, 6.07) is 8.28. The quantitative estimate of drug-likeness (QED) is 0.497. The third-order valence-electron chi connectivity index (χ3n) is 5.20. The van der Waals surface area contributed by atoms with Gasteiger partial charge in [-0.1, -0.05) is 23.5 Å². The summed E-state index contributed by atoms with van der Waals surface area (Å²) in [4.78, 5) is 23.3. The maximum absolute atomic E-state index is 13.1. The molecule has 0 unspecified atom stereocenters. The second-order valence-corrected chi connectivity index (χ2v) is 9.53. The highest BCUT2D eigenvalue weighted by atomic mass is 32.1. The number of anilines is 1. The smallest absolute Gasteiger partial charge is 0.252 e. The van der Waals surface area contributed by atoms with E-state index in [4.69, 9.17) is 9.72 Å². The van der Waals surface area contributed by atoms with Crippen LogP contribution < -0.4 is 4.90 Å². The maximum Gasteiger partial charge on any atom is 0.252 e. The van der Waals surface area contributed by atoms with Crippen molar-refractivity contribution >= 4 is 50.0 Å². The Kier molecular flexibility index (Phi) is 6.94. The zero-order valence-corrected chi connectivity index (χ0v) is 19.1. The van der Waals surface area contributed by atoms with Crippen LogP contribution in [0.2, 0.25) is 0 Å². The van der Waals surface area contributed by atoms with Gasteiger partial charge >= 0.3 is 0 Å². The number of thiophene rings is 1. The van der Waals surface area contributed by atoms with Gasteiger partial charge in [0.1, 0.15) is 0 Å². The minimum atomic E-state index is -0.0150. The average Bonchev–Trinajstić information content (AvgIpc) is 3.40. The molecule has 0 spiro atoms. The number of carbonyl (C=O) groups excluding carboxylic acids is 1. The number of nitrogens with zero attached hydrogens (tertiary/aromatic N) is 3. The second-order valence-electron chi connectivity index (χ2n) is 7.57. The van der Waals surface area contributed by atoms with Crippen molar-refractivity contribution in [2.45, 2.75) is 20.3 Å². The molecule has 3 heterocycles. The number of rotatable bonds is 7. The fourth-order valence-corrected chi connectivity index (χ4v) is 5.35. The molecule has 2 aromatic heterocycles. The zero-order chi connectivity index (χ0) is 20.9. The van der Waals surface area contributed by atoms with Crippen LogP contribution in [0.1, 0.15) is 22.4 Å². The Morgan fingerprint density at radius 1 is 1.30 bits per heavy atom. The van der Waals surface area contributed by atoms with Crippen molar-refractivity contribution in [1.82, 2.24) is 9.88 Å². The number of morpholine rings is 1. The van der Waals surface area contributed by atoms with E-state index in [1.165, 1.54) is 11.1 Å². The SMILES string of the molecule is Cc1cc(C)c2sc(N(CCCN3CCOCC3)C(=O)/C=C/c3cccs3)nc2c1. The van der Waals surface area contributed by atoms with E-state index in [9.17, 15) is 4.79 Å². The lowest BCUT2D eigenvalue weighted by Gasteiger charge is -2.27. The van der Waals surface area contributed by atoms with Crippen LogP contribution in [0.25, 0.3) is 16.3 Å². The standard InChI is InChI=1S/C23H27N3O2S2/c1-17-15-18(2)22-20(16-17)24-23(30-22)26(9-4-8-25-10-12-28-13-11-25)21(27)7-6-19-5-3-14-29-19/h3,5-7,14-16H,4,8-13H2,1-2H3/b7-6+. The van der Waals surface area contributed by atoms with Crippen molar-refractivity contribution in [3.8, 4) is 0 Å². The topological polar surface area (TPSA) is 45.7 Å². The predicted molar refractivity (Wildman–Crippen MR) is 127 cm³/mol. The fourth-order valence-electron chi connectivity index (χ4n) is 3.69. The number of ether oxygens (including phenoxy) is 1. The molecule has 158 valence electrons. The molecule has 0 aliphatic carbocycles. The monoisotopic (exact) mass is 441 g/mol. The molecule has 4 rings (SSSR count). The number of amides is 1. The van der Waals surface area contributed by atoms with Crippen LogP contribution in [0.15, 0.2) is 35.7 Å². The minimum absolute atomic E-state index is 0.0150. The molecule has 1 amide bonds. The number of aryl methyl sites for hydroxylation is 2. The van der Waals surface area contributed by atoms with Crippen LogP contribution in [0.3, 0.4) is 0 Å². The lowest BCUT2D eigenvalue weighted by Crippen LogP contribution is -2.39. The van der Waals surface area contributed by atoms with E-state index >= 15 is 0 Å². The molecule has 0 atom stereocenters. The first-order valence-electron chi connectivity index (χ1n) is 10.3. The molecule has 1 saturated heterocycles. The number of hydrogen-bond donors (Lipinski definition) is 0. The van der Waals surface area contributed by atoms with Crippen molar-refractivity contribution in [1.29, 1.82) is 0 Å². The molecule has 0 radical (unpaired) electrons. The average molecular weight is 442 g/mol. The van der Waals surface area contributed by atoms with Crippen molar-refractivity contribution in [2.75, 3.05) is 44.3 Å². The van der Waals surface area contributed by atoms with E-state index in [2.05, 4.69) is 30.9 Å². The lowest BCUT2D eigenvalue weighted by molar-refractivity contribution is -0.114. The molecule has 1 aromatic carbocycles. The summed E-state index contributed by atoms with van der Waals surface area (Å²) in [5.41, 5.74) is 3.38. The molecule has 0 saturated carbocycles. The summed E-state index contributed by atoms with van der Waals surface area (Å²) >= 11 is 3.23. The van der Waals surface area contributed by atoms with Crippen molar-refractivity contribution < 1.29 is 9.53 Å². The van der Waals surface area contributed by atoms with Gasteiger partial charge in [-0.05, 0) is 55.0 Å². The number of benzene rings is 1. The van der Waals surface area contributed by atoms with E-state index in [-0.39, 0.29) is 5.91 Å². The first-order valence-corrected chi connectivity index (χ1v) is 12.0. The molecule has 5 nitrogen and oxygen atoms in total. The highest BCUT2D eigenvalue weighted by molar-refractivity contribution is 7.22. The summed E-state index contributed by atoms with van der Waals surface area (Å²) in [6.45, 7) is 9.33. The van der Waals surface area contributed by atoms with Crippen molar-refractivity contribution in [3.63, 3.8) is 0 Å². The minimum Gasteiger partial charge on any atom is -0.379 e. The summed E-state index contributed by atoms with van der Waals surface area (Å²) in [5.74, 6) is -0.0150. The number of hydrogen-bond acceptors (Lipinski definition) is 6. The number of carbonyl (C=O) groups is 1. The summed E-state index contributed by atoms with van der Waals surface area (Å²) in [7, 11) is 0. The normalized spacial score (nSPS) is 15.3. The molecule has 0 N–H and O–H groups in total. The first kappa shape index (κ1) is 21.2. The number of aromatic nitrogens is 1. The Morgan fingerprint density at radius 2 is 2.13 bits per heavy atom. The highest BCUT2D eigenvalue weighted by Gasteiger charge is 2.19. The van der Waals surface area contributed by atoms with Gasteiger partial charge in [-0.25, -0.2) is 4.98 Å². The molecule has 1 aliphatic rings. The van der Waals surface area contributed by atoms with Gasteiger partial charge in [0.05, 0.1) is 23.4 Å². The molecule has 1 aliphatic heterocycles. The van der Waals surface area contributed by atoms with Gasteiger partial charge in [0.15, 0.2) is 5.13 Å². The van der Waals surface area contributed by atoms with Gasteiger partial charge in [0.25, 0.3) is 5.91 Å². The molecule has 1 fully saturated rings. The van der Waals surface area contributed by atoms with Crippen LogP contribution in [-0.2, 0) is 9.53 Å². The van der Waals surface area contributed by atoms with Crippen molar-refractivity contribution in [3.05, 3.63) is 51.7 Å². The van der Waals surface area contributed by atoms with Gasteiger partial charge in [-0.15, -0.1) is 11.3 Å². The molecular weight excluding hydrogens is 414 g/mol. The predicted octanol–water partition coefficient (Wildman–Crippen LogP) is 4.74. The Morgan fingerprint density at radius 3 is 2.90 bits per heavy atom. The van der Waals surface area contributed by atoms with Gasteiger partial charge < -0.3 is 4.74 Å². The van der Waals surface area contributed by atoms with Gasteiger partial charge in [-0.2, -0.15) is 0 Å². The fraction of sp³-hybridized carbons (Fsp3) is 0.391. The van der Waals surface area contributed by atoms with E-state index in [1.54, 1.807) is 28.7 Å². The summed E-state index contributed by atoms with van der Waals surface area (Å²) < 4.78 is 6.59. The third-order valence-corrected chi connectivity index (χ3v) is 7.27. The number of thiazole rings is 1. The van der Waals surface area contributed by atoms with Crippen molar-refractivity contribution in [2.24, 2.45) is 0 Å². The largest absolute Gasteiger partial charge is 0.379 e. The molecule has 0 bridgehead atoms. The first-order chi connectivity index (χ1) is 14.6. The van der Waals surface area contributed by atoms with E-state index in [1.807, 2.05) is 28.5 Å². The highest BCUT2D eigenvalue weighted by Crippen LogP contribution is 2.32. The Bertz CT molecular complexity index is 1020. The summed E-state index contributed by atoms with van der Waals surface area (Å²) in [5, 5.41) is 2.80. The Labute approximate surface area is 185 Å². The number of fused-ring (bicyclic) bond motifs is 1.